The van der Waals surface area contributed by atoms with Gasteiger partial charge in [0.25, 0.3) is 0 Å². The smallest absolute Gasteiger partial charge is 0.226 e. The molecule has 23 heavy (non-hydrogen) atoms. The van der Waals surface area contributed by atoms with Gasteiger partial charge in [-0.2, -0.15) is 0 Å². The van der Waals surface area contributed by atoms with Crippen LogP contribution in [0.2, 0.25) is 0 Å². The highest BCUT2D eigenvalue weighted by molar-refractivity contribution is 5.85. The van der Waals surface area contributed by atoms with E-state index < -0.39 is 11.6 Å². The SMILES string of the molecule is CNCC1CCCN(C(=O)C2CC2c2cccc(F)c2F)C1.Cl. The molecule has 2 aliphatic rings. The molecule has 1 amide bonds. The maximum atomic E-state index is 13.8. The van der Waals surface area contributed by atoms with Crippen LogP contribution in [0.15, 0.2) is 18.2 Å². The lowest BCUT2D eigenvalue weighted by Crippen LogP contribution is -2.43. The van der Waals surface area contributed by atoms with Crippen LogP contribution in [0.25, 0.3) is 0 Å². The summed E-state index contributed by atoms with van der Waals surface area (Å²) in [6, 6.07) is 4.22. The minimum Gasteiger partial charge on any atom is -0.342 e. The van der Waals surface area contributed by atoms with Crippen LogP contribution in [-0.2, 0) is 4.79 Å². The van der Waals surface area contributed by atoms with Gasteiger partial charge in [0.2, 0.25) is 5.91 Å². The van der Waals surface area contributed by atoms with Gasteiger partial charge in [0.1, 0.15) is 0 Å². The van der Waals surface area contributed by atoms with E-state index in [-0.39, 0.29) is 30.2 Å². The predicted molar refractivity (Wildman–Crippen MR) is 87.7 cm³/mol. The number of hydrogen-bond acceptors (Lipinski definition) is 2. The van der Waals surface area contributed by atoms with Crippen LogP contribution in [0.1, 0.15) is 30.7 Å². The molecule has 1 saturated heterocycles. The largest absolute Gasteiger partial charge is 0.342 e. The van der Waals surface area contributed by atoms with E-state index in [2.05, 4.69) is 5.32 Å². The monoisotopic (exact) mass is 344 g/mol. The molecule has 1 heterocycles. The van der Waals surface area contributed by atoms with Crippen LogP contribution in [0, 0.1) is 23.5 Å². The van der Waals surface area contributed by atoms with Crippen molar-refractivity contribution < 1.29 is 13.6 Å². The first-order chi connectivity index (χ1) is 10.6. The van der Waals surface area contributed by atoms with Crippen molar-refractivity contribution in [2.24, 2.45) is 11.8 Å². The van der Waals surface area contributed by atoms with Gasteiger partial charge in [-0.05, 0) is 56.3 Å². The third-order valence-electron chi connectivity index (χ3n) is 4.81. The van der Waals surface area contributed by atoms with Gasteiger partial charge in [-0.1, -0.05) is 12.1 Å². The maximum absolute atomic E-state index is 13.8. The summed E-state index contributed by atoms with van der Waals surface area (Å²) < 4.78 is 27.1. The van der Waals surface area contributed by atoms with E-state index >= 15 is 0 Å². The molecule has 0 bridgehead atoms. The van der Waals surface area contributed by atoms with Crippen LogP contribution in [0.5, 0.6) is 0 Å². The zero-order valence-electron chi connectivity index (χ0n) is 13.2. The van der Waals surface area contributed by atoms with E-state index in [4.69, 9.17) is 0 Å². The van der Waals surface area contributed by atoms with E-state index in [1.807, 2.05) is 11.9 Å². The zero-order valence-corrected chi connectivity index (χ0v) is 14.0. The predicted octanol–water partition coefficient (Wildman–Crippen LogP) is 2.95. The van der Waals surface area contributed by atoms with Gasteiger partial charge in [0.15, 0.2) is 11.6 Å². The number of amides is 1. The van der Waals surface area contributed by atoms with E-state index in [1.165, 1.54) is 6.07 Å². The van der Waals surface area contributed by atoms with Gasteiger partial charge in [0.05, 0.1) is 0 Å². The molecule has 1 aliphatic carbocycles. The highest BCUT2D eigenvalue weighted by atomic mass is 35.5. The van der Waals surface area contributed by atoms with Crippen molar-refractivity contribution in [3.63, 3.8) is 0 Å². The lowest BCUT2D eigenvalue weighted by Gasteiger charge is -2.33. The Hall–Kier alpha value is -1.20. The van der Waals surface area contributed by atoms with Crippen molar-refractivity contribution >= 4 is 18.3 Å². The van der Waals surface area contributed by atoms with Gasteiger partial charge < -0.3 is 10.2 Å². The summed E-state index contributed by atoms with van der Waals surface area (Å²) in [6.45, 7) is 2.47. The number of carbonyl (C=O) groups excluding carboxylic acids is 1. The van der Waals surface area contributed by atoms with Crippen LogP contribution in [0.3, 0.4) is 0 Å². The molecule has 1 saturated carbocycles. The lowest BCUT2D eigenvalue weighted by molar-refractivity contribution is -0.134. The van der Waals surface area contributed by atoms with Crippen molar-refractivity contribution in [1.29, 1.82) is 0 Å². The number of hydrogen-bond donors (Lipinski definition) is 1. The van der Waals surface area contributed by atoms with Crippen molar-refractivity contribution in [1.82, 2.24) is 10.2 Å². The molecule has 2 fully saturated rings. The van der Waals surface area contributed by atoms with E-state index in [0.29, 0.717) is 17.9 Å². The molecule has 1 aromatic carbocycles. The van der Waals surface area contributed by atoms with Crippen LogP contribution in [0.4, 0.5) is 8.78 Å². The molecule has 3 nitrogen and oxygen atoms in total. The molecule has 3 rings (SSSR count). The number of nitrogens with one attached hydrogen (secondary N) is 1. The summed E-state index contributed by atoms with van der Waals surface area (Å²) in [5.74, 6) is -1.37. The molecule has 0 spiro atoms. The summed E-state index contributed by atoms with van der Waals surface area (Å²) in [6.07, 6.45) is 2.79. The second-order valence-corrected chi connectivity index (χ2v) is 6.44. The second-order valence-electron chi connectivity index (χ2n) is 6.44. The first-order valence-corrected chi connectivity index (χ1v) is 7.99. The van der Waals surface area contributed by atoms with Gasteiger partial charge in [-0.3, -0.25) is 4.79 Å². The van der Waals surface area contributed by atoms with Gasteiger partial charge in [-0.25, -0.2) is 8.78 Å². The standard InChI is InChI=1S/C17H22F2N2O.ClH/c1-20-9-11-4-3-7-21(10-11)17(22)14-8-13(14)12-5-2-6-15(18)16(12)19;/h2,5-6,11,13-14,20H,3-4,7-10H2,1H3;1H. The molecule has 3 unspecified atom stereocenters. The Labute approximate surface area is 141 Å². The third-order valence-corrected chi connectivity index (χ3v) is 4.81. The summed E-state index contributed by atoms with van der Waals surface area (Å²) in [4.78, 5) is 14.5. The minimum absolute atomic E-state index is 0. The Morgan fingerprint density at radius 2 is 2.17 bits per heavy atom. The molecular weight excluding hydrogens is 322 g/mol. The molecule has 0 radical (unpaired) electrons. The Morgan fingerprint density at radius 3 is 2.91 bits per heavy atom. The highest BCUT2D eigenvalue weighted by Crippen LogP contribution is 2.49. The second kappa shape index (κ2) is 7.58. The van der Waals surface area contributed by atoms with Crippen LogP contribution in [-0.4, -0.2) is 37.5 Å². The number of carbonyl (C=O) groups is 1. The fraction of sp³-hybridized carbons (Fsp3) is 0.588. The number of rotatable bonds is 4. The Morgan fingerprint density at radius 1 is 1.39 bits per heavy atom. The maximum Gasteiger partial charge on any atom is 0.226 e. The lowest BCUT2D eigenvalue weighted by atomic mass is 9.97. The molecule has 3 atom stereocenters. The van der Waals surface area contributed by atoms with Crippen molar-refractivity contribution in [3.8, 4) is 0 Å². The van der Waals surface area contributed by atoms with E-state index in [0.717, 1.165) is 38.5 Å². The fourth-order valence-electron chi connectivity index (χ4n) is 3.57. The first-order valence-electron chi connectivity index (χ1n) is 7.99. The molecule has 1 aromatic rings. The fourth-order valence-corrected chi connectivity index (χ4v) is 3.57. The normalized spacial score (nSPS) is 26.6. The van der Waals surface area contributed by atoms with Gasteiger partial charge in [-0.15, -0.1) is 12.4 Å². The number of halogens is 3. The van der Waals surface area contributed by atoms with Crippen molar-refractivity contribution in [2.45, 2.75) is 25.2 Å². The van der Waals surface area contributed by atoms with Crippen LogP contribution >= 0.6 is 12.4 Å². The third kappa shape index (κ3) is 3.83. The summed E-state index contributed by atoms with van der Waals surface area (Å²) in [5, 5.41) is 3.16. The van der Waals surface area contributed by atoms with Gasteiger partial charge in [0, 0.05) is 19.0 Å². The minimum atomic E-state index is -0.831. The average molecular weight is 345 g/mol. The van der Waals surface area contributed by atoms with Gasteiger partial charge >= 0.3 is 0 Å². The molecule has 1 N–H and O–H groups in total. The first kappa shape index (κ1) is 18.1. The number of nitrogens with zero attached hydrogens (tertiary/aromatic N) is 1. The zero-order chi connectivity index (χ0) is 15.7. The number of likely N-dealkylation sites (tertiary alicyclic amines) is 1. The van der Waals surface area contributed by atoms with Crippen molar-refractivity contribution in [3.05, 3.63) is 35.4 Å². The summed E-state index contributed by atoms with van der Waals surface area (Å²) >= 11 is 0. The molecule has 0 aromatic heterocycles. The number of piperidine rings is 1. The van der Waals surface area contributed by atoms with E-state index in [9.17, 15) is 13.6 Å². The topological polar surface area (TPSA) is 32.3 Å². The molecular formula is C17H23ClF2N2O. The Balaban J connectivity index is 0.00000192. The number of benzene rings is 1. The van der Waals surface area contributed by atoms with Crippen molar-refractivity contribution in [2.75, 3.05) is 26.7 Å². The summed E-state index contributed by atoms with van der Waals surface area (Å²) in [5.41, 5.74) is 0.349. The average Bonchev–Trinajstić information content (AvgIpc) is 3.30. The molecule has 128 valence electrons. The molecule has 6 heteroatoms. The Kier molecular flexibility index (Phi) is 5.98. The Bertz CT molecular complexity index is 568. The molecule has 1 aliphatic heterocycles. The highest BCUT2D eigenvalue weighted by Gasteiger charge is 2.47. The quantitative estimate of drug-likeness (QED) is 0.910. The van der Waals surface area contributed by atoms with Crippen LogP contribution < -0.4 is 5.32 Å². The van der Waals surface area contributed by atoms with E-state index in [1.54, 1.807) is 6.07 Å². The summed E-state index contributed by atoms with van der Waals surface area (Å²) in [7, 11) is 1.92.